The highest BCUT2D eigenvalue weighted by Crippen LogP contribution is 2.23. The lowest BCUT2D eigenvalue weighted by atomic mass is 10.1. The van der Waals surface area contributed by atoms with E-state index in [4.69, 9.17) is 4.98 Å². The van der Waals surface area contributed by atoms with Crippen molar-refractivity contribution in [1.29, 1.82) is 0 Å². The number of hydrogen-bond donors (Lipinski definition) is 0. The molecular weight excluding hydrogens is 326 g/mol. The molecule has 0 saturated carbocycles. The zero-order chi connectivity index (χ0) is 14.7. The molecule has 2 aromatic rings. The van der Waals surface area contributed by atoms with Gasteiger partial charge in [0.25, 0.3) is 0 Å². The fourth-order valence-electron chi connectivity index (χ4n) is 3.06. The van der Waals surface area contributed by atoms with Crippen LogP contribution in [0.15, 0.2) is 30.3 Å². The standard InChI is InChI=1S/C17H22BrN3/c1-14-13-15-5-2-3-6-16(15)19-17(14)21-9-4-8-20(10-7-18)11-12-21/h2-3,5-6,13H,4,7-12H2,1H3. The molecule has 2 heterocycles. The minimum Gasteiger partial charge on any atom is -0.355 e. The van der Waals surface area contributed by atoms with Gasteiger partial charge < -0.3 is 9.80 Å². The van der Waals surface area contributed by atoms with Crippen LogP contribution in [0.1, 0.15) is 12.0 Å². The third-order valence-electron chi connectivity index (χ3n) is 4.18. The quantitative estimate of drug-likeness (QED) is 0.792. The van der Waals surface area contributed by atoms with Crippen molar-refractivity contribution in [3.05, 3.63) is 35.9 Å². The van der Waals surface area contributed by atoms with Crippen molar-refractivity contribution >= 4 is 32.7 Å². The van der Waals surface area contributed by atoms with E-state index in [0.29, 0.717) is 0 Å². The van der Waals surface area contributed by atoms with E-state index in [1.807, 2.05) is 0 Å². The lowest BCUT2D eigenvalue weighted by molar-refractivity contribution is 0.313. The number of hydrogen-bond acceptors (Lipinski definition) is 3. The van der Waals surface area contributed by atoms with Gasteiger partial charge in [-0.15, -0.1) is 0 Å². The van der Waals surface area contributed by atoms with Gasteiger partial charge in [0.2, 0.25) is 0 Å². The van der Waals surface area contributed by atoms with Crippen LogP contribution in [0.2, 0.25) is 0 Å². The SMILES string of the molecule is Cc1cc2ccccc2nc1N1CCCN(CCBr)CC1. The molecule has 3 rings (SSSR count). The molecule has 4 heteroatoms. The summed E-state index contributed by atoms with van der Waals surface area (Å²) < 4.78 is 0. The van der Waals surface area contributed by atoms with Gasteiger partial charge in [-0.25, -0.2) is 4.98 Å². The smallest absolute Gasteiger partial charge is 0.132 e. The van der Waals surface area contributed by atoms with E-state index in [-0.39, 0.29) is 0 Å². The third kappa shape index (κ3) is 3.38. The van der Waals surface area contributed by atoms with Crippen LogP contribution in [0.3, 0.4) is 0 Å². The Balaban J connectivity index is 1.84. The molecule has 1 aromatic carbocycles. The highest BCUT2D eigenvalue weighted by Gasteiger charge is 2.17. The van der Waals surface area contributed by atoms with Crippen LogP contribution in [-0.4, -0.2) is 47.9 Å². The van der Waals surface area contributed by atoms with Crippen molar-refractivity contribution in [2.45, 2.75) is 13.3 Å². The zero-order valence-electron chi connectivity index (χ0n) is 12.6. The molecule has 0 amide bonds. The number of aromatic nitrogens is 1. The first kappa shape index (κ1) is 14.8. The lowest BCUT2D eigenvalue weighted by Gasteiger charge is -2.24. The van der Waals surface area contributed by atoms with Crippen molar-refractivity contribution in [3.63, 3.8) is 0 Å². The molecular formula is C17H22BrN3. The Bertz CT molecular complexity index is 614. The van der Waals surface area contributed by atoms with Crippen LogP contribution in [0.4, 0.5) is 5.82 Å². The largest absolute Gasteiger partial charge is 0.355 e. The van der Waals surface area contributed by atoms with Crippen LogP contribution in [-0.2, 0) is 0 Å². The highest BCUT2D eigenvalue weighted by molar-refractivity contribution is 9.09. The number of rotatable bonds is 3. The number of aryl methyl sites for hydroxylation is 1. The van der Waals surface area contributed by atoms with Gasteiger partial charge in [0, 0.05) is 36.9 Å². The van der Waals surface area contributed by atoms with Gasteiger partial charge in [-0.2, -0.15) is 0 Å². The molecule has 112 valence electrons. The summed E-state index contributed by atoms with van der Waals surface area (Å²) in [4.78, 5) is 9.90. The molecule has 3 nitrogen and oxygen atoms in total. The highest BCUT2D eigenvalue weighted by atomic mass is 79.9. The Hall–Kier alpha value is -1.13. The summed E-state index contributed by atoms with van der Waals surface area (Å²) in [5, 5.41) is 2.29. The van der Waals surface area contributed by atoms with Crippen molar-refractivity contribution in [1.82, 2.24) is 9.88 Å². The number of pyridine rings is 1. The average Bonchev–Trinajstić information content (AvgIpc) is 2.73. The second-order valence-corrected chi connectivity index (χ2v) is 6.49. The molecule has 0 radical (unpaired) electrons. The second-order valence-electron chi connectivity index (χ2n) is 5.69. The molecule has 0 aliphatic carbocycles. The van der Waals surface area contributed by atoms with Crippen LogP contribution in [0.5, 0.6) is 0 Å². The van der Waals surface area contributed by atoms with Crippen LogP contribution < -0.4 is 4.90 Å². The van der Waals surface area contributed by atoms with E-state index in [9.17, 15) is 0 Å². The van der Waals surface area contributed by atoms with Crippen molar-refractivity contribution in [2.75, 3.05) is 43.0 Å². The van der Waals surface area contributed by atoms with Gasteiger partial charge in [0.1, 0.15) is 5.82 Å². The number of anilines is 1. The van der Waals surface area contributed by atoms with E-state index < -0.39 is 0 Å². The second kappa shape index (κ2) is 6.75. The molecule has 1 aromatic heterocycles. The predicted octanol–water partition coefficient (Wildman–Crippen LogP) is 3.45. The molecule has 0 atom stereocenters. The summed E-state index contributed by atoms with van der Waals surface area (Å²) in [6.45, 7) is 7.80. The topological polar surface area (TPSA) is 19.4 Å². The van der Waals surface area contributed by atoms with E-state index in [1.54, 1.807) is 0 Å². The van der Waals surface area contributed by atoms with Gasteiger partial charge >= 0.3 is 0 Å². The molecule has 0 N–H and O–H groups in total. The normalized spacial score (nSPS) is 17.1. The Morgan fingerprint density at radius 2 is 2.00 bits per heavy atom. The Labute approximate surface area is 135 Å². The molecule has 1 fully saturated rings. The third-order valence-corrected chi connectivity index (χ3v) is 4.53. The monoisotopic (exact) mass is 347 g/mol. The number of fused-ring (bicyclic) bond motifs is 1. The molecule has 1 aliphatic heterocycles. The van der Waals surface area contributed by atoms with Crippen LogP contribution in [0, 0.1) is 6.92 Å². The molecule has 21 heavy (non-hydrogen) atoms. The summed E-state index contributed by atoms with van der Waals surface area (Å²) >= 11 is 3.54. The summed E-state index contributed by atoms with van der Waals surface area (Å²) in [6, 6.07) is 10.6. The van der Waals surface area contributed by atoms with Crippen LogP contribution >= 0.6 is 15.9 Å². The summed E-state index contributed by atoms with van der Waals surface area (Å²) in [7, 11) is 0. The molecule has 0 bridgehead atoms. The lowest BCUT2D eigenvalue weighted by Crippen LogP contribution is -2.32. The zero-order valence-corrected chi connectivity index (χ0v) is 14.1. The maximum absolute atomic E-state index is 4.91. The van der Waals surface area contributed by atoms with Crippen molar-refractivity contribution in [3.8, 4) is 0 Å². The maximum atomic E-state index is 4.91. The van der Waals surface area contributed by atoms with Gasteiger partial charge in [0.15, 0.2) is 0 Å². The molecule has 1 saturated heterocycles. The van der Waals surface area contributed by atoms with E-state index >= 15 is 0 Å². The Kier molecular flexibility index (Phi) is 4.76. The molecule has 0 spiro atoms. The van der Waals surface area contributed by atoms with Crippen LogP contribution in [0.25, 0.3) is 10.9 Å². The fourth-order valence-corrected chi connectivity index (χ4v) is 3.56. The maximum Gasteiger partial charge on any atom is 0.132 e. The summed E-state index contributed by atoms with van der Waals surface area (Å²) in [5.74, 6) is 1.16. The minimum atomic E-state index is 1.06. The average molecular weight is 348 g/mol. The van der Waals surface area contributed by atoms with Crippen molar-refractivity contribution < 1.29 is 0 Å². The fraction of sp³-hybridized carbons (Fsp3) is 0.471. The molecule has 0 unspecified atom stereocenters. The number of halogens is 1. The van der Waals surface area contributed by atoms with E-state index in [1.165, 1.54) is 23.9 Å². The first-order valence-electron chi connectivity index (χ1n) is 7.67. The Morgan fingerprint density at radius 1 is 1.14 bits per heavy atom. The predicted molar refractivity (Wildman–Crippen MR) is 93.5 cm³/mol. The number of para-hydroxylation sites is 1. The number of nitrogens with zero attached hydrogens (tertiary/aromatic N) is 3. The number of benzene rings is 1. The summed E-state index contributed by atoms with van der Waals surface area (Å²) in [6.07, 6.45) is 1.21. The van der Waals surface area contributed by atoms with Gasteiger partial charge in [-0.05, 0) is 37.6 Å². The van der Waals surface area contributed by atoms with Crippen molar-refractivity contribution in [2.24, 2.45) is 0 Å². The summed E-state index contributed by atoms with van der Waals surface area (Å²) in [5.41, 5.74) is 2.38. The van der Waals surface area contributed by atoms with E-state index in [0.717, 1.165) is 42.8 Å². The van der Waals surface area contributed by atoms with Gasteiger partial charge in [0.05, 0.1) is 5.52 Å². The minimum absolute atomic E-state index is 1.06. The first-order chi connectivity index (χ1) is 10.3. The van der Waals surface area contributed by atoms with Gasteiger partial charge in [-0.1, -0.05) is 34.1 Å². The number of alkyl halides is 1. The van der Waals surface area contributed by atoms with Gasteiger partial charge in [-0.3, -0.25) is 0 Å². The Morgan fingerprint density at radius 3 is 2.86 bits per heavy atom. The molecule has 1 aliphatic rings. The first-order valence-corrected chi connectivity index (χ1v) is 8.80. The van der Waals surface area contributed by atoms with E-state index in [2.05, 4.69) is 63.0 Å².